The smallest absolute Gasteiger partial charge is 0.332 e. The van der Waals surface area contributed by atoms with Crippen LogP contribution in [0.25, 0.3) is 11.2 Å². The molecule has 2 aromatic heterocycles. The van der Waals surface area contributed by atoms with Crippen molar-refractivity contribution in [1.82, 2.24) is 23.6 Å². The van der Waals surface area contributed by atoms with Crippen LogP contribution in [0, 0.1) is 0 Å². The molecule has 0 aromatic carbocycles. The minimum absolute atomic E-state index is 0.0172. The van der Waals surface area contributed by atoms with E-state index in [4.69, 9.17) is 4.74 Å². The van der Waals surface area contributed by atoms with Crippen LogP contribution in [0.5, 0.6) is 0 Å². The zero-order valence-corrected chi connectivity index (χ0v) is 14.9. The first-order valence-corrected chi connectivity index (χ1v) is 8.33. The highest BCUT2D eigenvalue weighted by Crippen LogP contribution is 2.13. The molecule has 2 atom stereocenters. The third-order valence-corrected chi connectivity index (χ3v) is 4.56. The Hall–Kier alpha value is -2.42. The minimum Gasteiger partial charge on any atom is -0.372 e. The molecular weight excluding hydrogens is 326 g/mol. The molecule has 0 radical (unpaired) electrons. The Kier molecular flexibility index (Phi) is 4.51. The molecule has 0 unspecified atom stereocenters. The van der Waals surface area contributed by atoms with Crippen LogP contribution in [0.15, 0.2) is 15.9 Å². The van der Waals surface area contributed by atoms with E-state index < -0.39 is 11.2 Å². The number of ether oxygens (including phenoxy) is 1. The van der Waals surface area contributed by atoms with Crippen molar-refractivity contribution < 1.29 is 9.53 Å². The molecule has 0 saturated carbocycles. The molecule has 9 heteroatoms. The van der Waals surface area contributed by atoms with Gasteiger partial charge in [0.05, 0.1) is 18.5 Å². The molecule has 1 amide bonds. The Balaban J connectivity index is 1.81. The van der Waals surface area contributed by atoms with E-state index >= 15 is 0 Å². The first kappa shape index (κ1) is 17.4. The van der Waals surface area contributed by atoms with Crippen molar-refractivity contribution in [3.05, 3.63) is 27.2 Å². The standard InChI is InChI=1S/C16H23N5O4/c1-10-7-21(8-11(2)25-10)12(22)5-6-20-9-17-14-13(20)15(23)19(4)16(24)18(14)3/h9-11H,5-8H2,1-4H3/t10-,11-/m1/s1. The predicted octanol–water partition coefficient (Wildman–Crippen LogP) is -0.540. The molecule has 1 aliphatic heterocycles. The number of morpholine rings is 1. The van der Waals surface area contributed by atoms with Gasteiger partial charge in [-0.3, -0.25) is 18.7 Å². The van der Waals surface area contributed by atoms with Gasteiger partial charge in [-0.15, -0.1) is 0 Å². The Morgan fingerprint density at radius 2 is 1.84 bits per heavy atom. The molecule has 0 aliphatic carbocycles. The van der Waals surface area contributed by atoms with Crippen molar-refractivity contribution in [1.29, 1.82) is 0 Å². The van der Waals surface area contributed by atoms with E-state index in [1.807, 2.05) is 13.8 Å². The summed E-state index contributed by atoms with van der Waals surface area (Å²) < 4.78 is 9.67. The molecule has 25 heavy (non-hydrogen) atoms. The third-order valence-electron chi connectivity index (χ3n) is 4.56. The number of carbonyl (C=O) groups is 1. The van der Waals surface area contributed by atoms with Crippen LogP contribution in [-0.2, 0) is 30.2 Å². The van der Waals surface area contributed by atoms with E-state index in [-0.39, 0.29) is 24.5 Å². The molecular formula is C16H23N5O4. The molecule has 1 saturated heterocycles. The highest BCUT2D eigenvalue weighted by molar-refractivity contribution is 5.77. The summed E-state index contributed by atoms with van der Waals surface area (Å²) in [5, 5.41) is 0. The van der Waals surface area contributed by atoms with E-state index in [1.54, 1.807) is 16.5 Å². The molecule has 0 N–H and O–H groups in total. The van der Waals surface area contributed by atoms with Crippen LogP contribution in [0.3, 0.4) is 0 Å². The molecule has 0 bridgehead atoms. The molecule has 9 nitrogen and oxygen atoms in total. The fraction of sp³-hybridized carbons (Fsp3) is 0.625. The second-order valence-electron chi connectivity index (χ2n) is 6.62. The molecule has 1 fully saturated rings. The Morgan fingerprint density at radius 1 is 1.20 bits per heavy atom. The lowest BCUT2D eigenvalue weighted by Gasteiger charge is -2.35. The van der Waals surface area contributed by atoms with Gasteiger partial charge < -0.3 is 14.2 Å². The number of hydrogen-bond donors (Lipinski definition) is 0. The summed E-state index contributed by atoms with van der Waals surface area (Å²) in [6.07, 6.45) is 1.80. The topological polar surface area (TPSA) is 91.4 Å². The molecule has 1 aliphatic rings. The number of carbonyl (C=O) groups excluding carboxylic acids is 1. The SMILES string of the molecule is C[C@@H]1CN(C(=O)CCn2cnc3c2c(=O)n(C)c(=O)n3C)C[C@@H](C)O1. The fourth-order valence-corrected chi connectivity index (χ4v) is 3.32. The van der Waals surface area contributed by atoms with Crippen LogP contribution in [-0.4, -0.2) is 54.8 Å². The van der Waals surface area contributed by atoms with Crippen LogP contribution in [0.1, 0.15) is 20.3 Å². The minimum atomic E-state index is -0.421. The van der Waals surface area contributed by atoms with Gasteiger partial charge in [-0.05, 0) is 13.8 Å². The summed E-state index contributed by atoms with van der Waals surface area (Å²) in [7, 11) is 3.01. The summed E-state index contributed by atoms with van der Waals surface area (Å²) in [5.41, 5.74) is -0.165. The van der Waals surface area contributed by atoms with Crippen molar-refractivity contribution in [2.24, 2.45) is 14.1 Å². The number of amides is 1. The van der Waals surface area contributed by atoms with Gasteiger partial charge >= 0.3 is 5.69 Å². The number of aryl methyl sites for hydroxylation is 2. The van der Waals surface area contributed by atoms with Gasteiger partial charge in [0, 0.05) is 40.2 Å². The van der Waals surface area contributed by atoms with E-state index in [2.05, 4.69) is 4.98 Å². The average Bonchev–Trinajstić information content (AvgIpc) is 2.99. The van der Waals surface area contributed by atoms with E-state index in [0.29, 0.717) is 30.8 Å². The first-order valence-electron chi connectivity index (χ1n) is 8.33. The molecule has 3 rings (SSSR count). The lowest BCUT2D eigenvalue weighted by molar-refractivity contribution is -0.143. The normalized spacial score (nSPS) is 21.0. The Bertz CT molecular complexity index is 915. The van der Waals surface area contributed by atoms with Gasteiger partial charge in [0.2, 0.25) is 5.91 Å². The largest absolute Gasteiger partial charge is 0.372 e. The zero-order valence-electron chi connectivity index (χ0n) is 14.9. The van der Waals surface area contributed by atoms with Gasteiger partial charge in [-0.25, -0.2) is 9.78 Å². The van der Waals surface area contributed by atoms with E-state index in [0.717, 1.165) is 4.57 Å². The van der Waals surface area contributed by atoms with Gasteiger partial charge in [0.25, 0.3) is 5.56 Å². The summed E-state index contributed by atoms with van der Waals surface area (Å²) in [6.45, 7) is 5.38. The maximum absolute atomic E-state index is 12.5. The average molecular weight is 349 g/mol. The quantitative estimate of drug-likeness (QED) is 0.742. The monoisotopic (exact) mass is 349 g/mol. The van der Waals surface area contributed by atoms with Gasteiger partial charge in [0.15, 0.2) is 11.2 Å². The van der Waals surface area contributed by atoms with Crippen LogP contribution in [0.2, 0.25) is 0 Å². The maximum Gasteiger partial charge on any atom is 0.332 e. The van der Waals surface area contributed by atoms with Crippen molar-refractivity contribution in [3.8, 4) is 0 Å². The number of rotatable bonds is 3. The predicted molar refractivity (Wildman–Crippen MR) is 91.4 cm³/mol. The summed E-state index contributed by atoms with van der Waals surface area (Å²) in [4.78, 5) is 42.8. The lowest BCUT2D eigenvalue weighted by atomic mass is 10.2. The number of hydrogen-bond acceptors (Lipinski definition) is 5. The van der Waals surface area contributed by atoms with Gasteiger partial charge in [-0.2, -0.15) is 0 Å². The number of fused-ring (bicyclic) bond motifs is 1. The van der Waals surface area contributed by atoms with Crippen molar-refractivity contribution in [2.75, 3.05) is 13.1 Å². The maximum atomic E-state index is 12.5. The van der Waals surface area contributed by atoms with E-state index in [1.165, 1.54) is 17.9 Å². The zero-order chi connectivity index (χ0) is 18.3. The number of nitrogens with zero attached hydrogens (tertiary/aromatic N) is 5. The summed E-state index contributed by atoms with van der Waals surface area (Å²) in [6, 6.07) is 0. The highest BCUT2D eigenvalue weighted by Gasteiger charge is 2.25. The Labute approximate surface area is 144 Å². The van der Waals surface area contributed by atoms with Gasteiger partial charge in [0.1, 0.15) is 0 Å². The first-order chi connectivity index (χ1) is 11.8. The second-order valence-corrected chi connectivity index (χ2v) is 6.62. The van der Waals surface area contributed by atoms with E-state index in [9.17, 15) is 14.4 Å². The summed E-state index contributed by atoms with van der Waals surface area (Å²) >= 11 is 0. The van der Waals surface area contributed by atoms with Crippen molar-refractivity contribution >= 4 is 17.1 Å². The van der Waals surface area contributed by atoms with Crippen LogP contribution in [0.4, 0.5) is 0 Å². The lowest BCUT2D eigenvalue weighted by Crippen LogP contribution is -2.48. The molecule has 2 aromatic rings. The van der Waals surface area contributed by atoms with Crippen LogP contribution >= 0.6 is 0 Å². The third kappa shape index (κ3) is 3.11. The fourth-order valence-electron chi connectivity index (χ4n) is 3.32. The van der Waals surface area contributed by atoms with Crippen LogP contribution < -0.4 is 11.2 Å². The number of imidazole rings is 1. The van der Waals surface area contributed by atoms with Gasteiger partial charge in [-0.1, -0.05) is 0 Å². The number of aromatic nitrogens is 4. The second kappa shape index (κ2) is 6.47. The highest BCUT2D eigenvalue weighted by atomic mass is 16.5. The Morgan fingerprint density at radius 3 is 2.48 bits per heavy atom. The van der Waals surface area contributed by atoms with Crippen molar-refractivity contribution in [2.45, 2.75) is 39.0 Å². The molecule has 0 spiro atoms. The van der Waals surface area contributed by atoms with Crippen molar-refractivity contribution in [3.63, 3.8) is 0 Å². The summed E-state index contributed by atoms with van der Waals surface area (Å²) in [5.74, 6) is 0.0190. The molecule has 136 valence electrons. The molecule has 3 heterocycles.